The summed E-state index contributed by atoms with van der Waals surface area (Å²) in [6, 6.07) is 0. The molecular weight excluding hydrogens is 1120 g/mol. The van der Waals surface area contributed by atoms with E-state index in [1.54, 1.807) is 11.1 Å². The van der Waals surface area contributed by atoms with Gasteiger partial charge in [0.25, 0.3) is 0 Å². The molecule has 0 aromatic carbocycles. The minimum atomic E-state index is -0.715. The van der Waals surface area contributed by atoms with Crippen LogP contribution in [0.25, 0.3) is 0 Å². The minimum absolute atomic E-state index is 0. The maximum absolute atomic E-state index is 11.9. The first-order valence-electron chi connectivity index (χ1n) is 37.0. The summed E-state index contributed by atoms with van der Waals surface area (Å²) in [5.74, 6) is 10.1. The maximum atomic E-state index is 11.9. The monoisotopic (exact) mass is 1260 g/mol. The van der Waals surface area contributed by atoms with Crippen LogP contribution in [0.4, 0.5) is 0 Å². The Hall–Kier alpha value is -2.59. The van der Waals surface area contributed by atoms with Crippen molar-refractivity contribution in [2.45, 2.75) is 328 Å². The smallest absolute Gasteiger partial charge is 0.308 e. The maximum Gasteiger partial charge on any atom is 0.308 e. The summed E-state index contributed by atoms with van der Waals surface area (Å²) in [5, 5.41) is 10.2. The number of allylic oxidation sites excluding steroid dienone is 3. The van der Waals surface area contributed by atoms with E-state index >= 15 is 0 Å². The van der Waals surface area contributed by atoms with Gasteiger partial charge in [0.1, 0.15) is 17.5 Å². The normalized spacial score (nSPS) is 34.5. The molecule has 0 spiro atoms. The van der Waals surface area contributed by atoms with Crippen LogP contribution in [0, 0.1) is 92.7 Å². The summed E-state index contributed by atoms with van der Waals surface area (Å²) in [6.45, 7) is 40.9. The number of carbonyl (C=O) groups is 3. The van der Waals surface area contributed by atoms with Gasteiger partial charge in [0.15, 0.2) is 0 Å². The predicted octanol–water partition coefficient (Wildman–Crippen LogP) is 20.8. The number of hydrogen-bond acceptors (Lipinski definition) is 9. The zero-order valence-electron chi connectivity index (χ0n) is 60.3. The quantitative estimate of drug-likeness (QED) is 0.0642. The van der Waals surface area contributed by atoms with Crippen LogP contribution in [0.5, 0.6) is 0 Å². The molecule has 9 aliphatic rings. The molecule has 7 unspecified atom stereocenters. The van der Waals surface area contributed by atoms with Crippen LogP contribution in [-0.2, 0) is 38.1 Å². The van der Waals surface area contributed by atoms with E-state index in [1.165, 1.54) is 142 Å². The molecule has 17 atom stereocenters. The number of aliphatic hydroxyl groups is 1. The molecule has 7 fully saturated rings. The number of aldehydes is 1. The van der Waals surface area contributed by atoms with Crippen molar-refractivity contribution < 1.29 is 43.2 Å². The van der Waals surface area contributed by atoms with E-state index in [0.717, 1.165) is 110 Å². The standard InChI is InChI=1S/C38H64O4.C32H52O2.C6H12O2.C4H8O.CH4/c1-26(2)12-11-13-27(3)32-17-18-33-31-16-15-28-24-30(19-21-37(28,7)34(31)20-22-38(32,33)8)41-23-10-9-14-29(39)25-35(40)42-36(4,5)6;1-23(2)10-9-11-24(3)28-14-15-29-27-13-12-25-22-26(34-21-8-6-7-20-33)16-18-31(25,4)30(27)17-19-32(28,29)5;1-5(7)8-6(2,3)4;1-2-4-5-3-1;/h9-10,15,26-27,29-34,39H,11-14,16-25H2,1-8H3;6,8,12,20,23-24,26-30H,7,9-11,13-19,21-22H2,1-5H3;1-4H3;1-4H2;1H4/b10-9+;8-6+;;;/t27-,29?,30+,31?,32-,33?,34?,37+,38-;24-,26+,27?,28-,29?,30?,31+,32-;;;/m11.../s1. The Morgan fingerprint density at radius 1 is 0.600 bits per heavy atom. The summed E-state index contributed by atoms with van der Waals surface area (Å²) >= 11 is 0. The fourth-order valence-electron chi connectivity index (χ4n) is 20.1. The van der Waals surface area contributed by atoms with Gasteiger partial charge in [0, 0.05) is 26.6 Å². The van der Waals surface area contributed by atoms with Gasteiger partial charge < -0.3 is 33.6 Å². The molecule has 518 valence electrons. The van der Waals surface area contributed by atoms with Gasteiger partial charge >= 0.3 is 11.9 Å². The molecule has 6 saturated carbocycles. The van der Waals surface area contributed by atoms with Crippen molar-refractivity contribution in [2.24, 2.45) is 92.7 Å². The van der Waals surface area contributed by atoms with E-state index in [4.69, 9.17) is 23.7 Å². The molecule has 0 aromatic heterocycles. The highest BCUT2D eigenvalue weighted by Gasteiger charge is 2.61. The van der Waals surface area contributed by atoms with Gasteiger partial charge in [-0.15, -0.1) is 0 Å². The third kappa shape index (κ3) is 21.7. The number of rotatable bonds is 22. The second kappa shape index (κ2) is 35.4. The molecule has 0 aromatic rings. The van der Waals surface area contributed by atoms with Crippen molar-refractivity contribution in [1.29, 1.82) is 0 Å². The second-order valence-electron chi connectivity index (χ2n) is 34.0. The van der Waals surface area contributed by atoms with Crippen molar-refractivity contribution in [2.75, 3.05) is 26.4 Å². The molecule has 1 N–H and O–H groups in total. The first kappa shape index (κ1) is 78.1. The van der Waals surface area contributed by atoms with Crippen LogP contribution in [-0.4, -0.2) is 79.3 Å². The zero-order valence-corrected chi connectivity index (χ0v) is 60.3. The Morgan fingerprint density at radius 3 is 1.42 bits per heavy atom. The largest absolute Gasteiger partial charge is 0.460 e. The summed E-state index contributed by atoms with van der Waals surface area (Å²) in [4.78, 5) is 32.6. The third-order valence-corrected chi connectivity index (χ3v) is 24.4. The predicted molar refractivity (Wildman–Crippen MR) is 374 cm³/mol. The van der Waals surface area contributed by atoms with Crippen LogP contribution in [0.1, 0.15) is 298 Å². The number of hydrogen-bond donors (Lipinski definition) is 1. The topological polar surface area (TPSA) is 118 Å². The zero-order chi connectivity index (χ0) is 65.4. The SMILES string of the molecule is C.C1CCOC1.CC(=O)OC(C)(C)C.CC(C)CCC[C@@H](C)[C@H]1CCC2C3CC=C4C[C@@H](OC/C=C/CC(O)CC(=O)OC(C)(C)C)CC[C@]4(C)C3CC[C@@]21C.CC(C)CCC[C@@H](C)[C@H]1CCC2C3CC=C4C[C@@H](OC/C=C/CC=O)CC[C@]4(C)C3CC[C@@]21C. The van der Waals surface area contributed by atoms with Crippen molar-refractivity contribution >= 4 is 18.2 Å². The van der Waals surface area contributed by atoms with Gasteiger partial charge in [0.2, 0.25) is 0 Å². The van der Waals surface area contributed by atoms with Gasteiger partial charge in [-0.25, -0.2) is 0 Å². The lowest BCUT2D eigenvalue weighted by Crippen LogP contribution is -2.51. The van der Waals surface area contributed by atoms with Crippen LogP contribution in [0.3, 0.4) is 0 Å². The summed E-state index contributed by atoms with van der Waals surface area (Å²) in [5.41, 5.74) is 4.42. The lowest BCUT2D eigenvalue weighted by molar-refractivity contribution is -0.157. The van der Waals surface area contributed by atoms with Gasteiger partial charge in [0.05, 0.1) is 37.9 Å². The van der Waals surface area contributed by atoms with E-state index in [-0.39, 0.29) is 37.5 Å². The van der Waals surface area contributed by atoms with Crippen molar-refractivity contribution in [1.82, 2.24) is 0 Å². The Kier molecular flexibility index (Phi) is 30.7. The minimum Gasteiger partial charge on any atom is -0.460 e. The van der Waals surface area contributed by atoms with Crippen molar-refractivity contribution in [3.05, 3.63) is 47.6 Å². The number of esters is 2. The molecule has 8 aliphatic carbocycles. The van der Waals surface area contributed by atoms with E-state index in [0.29, 0.717) is 53.8 Å². The molecule has 90 heavy (non-hydrogen) atoms. The number of carbonyl (C=O) groups excluding carboxylic acids is 3. The summed E-state index contributed by atoms with van der Waals surface area (Å²) in [6.07, 6.45) is 47.4. The highest BCUT2D eigenvalue weighted by atomic mass is 16.6. The van der Waals surface area contributed by atoms with E-state index in [2.05, 4.69) is 81.4 Å². The fourth-order valence-corrected chi connectivity index (χ4v) is 20.1. The molecule has 0 bridgehead atoms. The average molecular weight is 1260 g/mol. The molecular formula is C81H140O9. The molecule has 0 amide bonds. The van der Waals surface area contributed by atoms with Crippen molar-refractivity contribution in [3.8, 4) is 0 Å². The highest BCUT2D eigenvalue weighted by molar-refractivity contribution is 5.70. The van der Waals surface area contributed by atoms with Crippen LogP contribution >= 0.6 is 0 Å². The van der Waals surface area contributed by atoms with Crippen LogP contribution in [0.2, 0.25) is 0 Å². The third-order valence-electron chi connectivity index (χ3n) is 24.4. The number of fused-ring (bicyclic) bond motifs is 10. The van der Waals surface area contributed by atoms with Gasteiger partial charge in [-0.05, 0) is 256 Å². The first-order chi connectivity index (χ1) is 41.9. The Bertz CT molecular complexity index is 2290. The average Bonchev–Trinajstić information content (AvgIpc) is 1.35. The van der Waals surface area contributed by atoms with Gasteiger partial charge in [-0.1, -0.05) is 163 Å². The number of aliphatic hydroxyl groups excluding tert-OH is 1. The lowest BCUT2D eigenvalue weighted by atomic mass is 9.47. The van der Waals surface area contributed by atoms with Crippen LogP contribution in [0.15, 0.2) is 47.6 Å². The molecule has 9 rings (SSSR count). The molecule has 1 saturated heterocycles. The van der Waals surface area contributed by atoms with Gasteiger partial charge in [-0.3, -0.25) is 9.59 Å². The summed E-state index contributed by atoms with van der Waals surface area (Å²) in [7, 11) is 0. The highest BCUT2D eigenvalue weighted by Crippen LogP contribution is 2.69. The van der Waals surface area contributed by atoms with E-state index < -0.39 is 11.7 Å². The van der Waals surface area contributed by atoms with Crippen molar-refractivity contribution in [3.63, 3.8) is 0 Å². The Labute approximate surface area is 553 Å². The second-order valence-corrected chi connectivity index (χ2v) is 34.0. The Balaban J connectivity index is 0.000000273. The van der Waals surface area contributed by atoms with E-state index in [9.17, 15) is 19.5 Å². The molecule has 9 heteroatoms. The Morgan fingerprint density at radius 2 is 1.04 bits per heavy atom. The fraction of sp³-hybridized carbons (Fsp3) is 0.864. The first-order valence-corrected chi connectivity index (χ1v) is 37.0. The van der Waals surface area contributed by atoms with Gasteiger partial charge in [-0.2, -0.15) is 0 Å². The number of ether oxygens (including phenoxy) is 5. The molecule has 9 nitrogen and oxygen atoms in total. The molecule has 1 aliphatic heterocycles. The molecule has 1 heterocycles. The summed E-state index contributed by atoms with van der Waals surface area (Å²) < 4.78 is 27.6. The van der Waals surface area contributed by atoms with Crippen LogP contribution < -0.4 is 0 Å². The molecule has 0 radical (unpaired) electrons. The van der Waals surface area contributed by atoms with E-state index in [1.807, 2.05) is 65.8 Å². The lowest BCUT2D eigenvalue weighted by Gasteiger charge is -2.58.